The van der Waals surface area contributed by atoms with Gasteiger partial charge in [-0.25, -0.2) is 4.98 Å². The number of nitrogens with zero attached hydrogens (tertiary/aromatic N) is 1. The average Bonchev–Trinajstić information content (AvgIpc) is 2.96. The van der Waals surface area contributed by atoms with Gasteiger partial charge in [-0.15, -0.1) is 0 Å². The third kappa shape index (κ3) is 3.05. The lowest BCUT2D eigenvalue weighted by Gasteiger charge is -2.06. The van der Waals surface area contributed by atoms with E-state index in [9.17, 15) is 4.79 Å². The SMILES string of the molecule is COc1cc2nc(NC(=O)c3cc(C)ccc3C)sc2cc1OC. The van der Waals surface area contributed by atoms with E-state index in [1.165, 1.54) is 11.3 Å². The summed E-state index contributed by atoms with van der Waals surface area (Å²) < 4.78 is 11.5. The average molecular weight is 342 g/mol. The fraction of sp³-hybridized carbons (Fsp3) is 0.222. The highest BCUT2D eigenvalue weighted by molar-refractivity contribution is 7.22. The molecule has 0 aliphatic rings. The van der Waals surface area contributed by atoms with Gasteiger partial charge in [0, 0.05) is 17.7 Å². The molecular weight excluding hydrogens is 324 g/mol. The minimum Gasteiger partial charge on any atom is -0.493 e. The number of carbonyl (C=O) groups excluding carboxylic acids is 1. The lowest BCUT2D eigenvalue weighted by atomic mass is 10.1. The van der Waals surface area contributed by atoms with Gasteiger partial charge in [0.15, 0.2) is 16.6 Å². The number of carbonyl (C=O) groups is 1. The first kappa shape index (κ1) is 16.3. The Labute approximate surface area is 144 Å². The zero-order valence-electron chi connectivity index (χ0n) is 14.0. The van der Waals surface area contributed by atoms with Crippen LogP contribution in [0.1, 0.15) is 21.5 Å². The molecule has 0 radical (unpaired) electrons. The Kier molecular flexibility index (Phi) is 4.40. The molecule has 0 fully saturated rings. The number of nitrogens with one attached hydrogen (secondary N) is 1. The van der Waals surface area contributed by atoms with E-state index in [4.69, 9.17) is 9.47 Å². The summed E-state index contributed by atoms with van der Waals surface area (Å²) in [6.07, 6.45) is 0. The van der Waals surface area contributed by atoms with E-state index in [2.05, 4.69) is 10.3 Å². The molecule has 3 rings (SSSR count). The standard InChI is InChI=1S/C18H18N2O3S/c1-10-5-6-11(2)12(7-10)17(21)20-18-19-13-8-14(22-3)15(23-4)9-16(13)24-18/h5-9H,1-4H3,(H,19,20,21). The van der Waals surface area contributed by atoms with Crippen LogP contribution in [0.5, 0.6) is 11.5 Å². The predicted octanol–water partition coefficient (Wildman–Crippen LogP) is 4.18. The molecule has 24 heavy (non-hydrogen) atoms. The summed E-state index contributed by atoms with van der Waals surface area (Å²) >= 11 is 1.40. The third-order valence-corrected chi connectivity index (χ3v) is 4.69. The Balaban J connectivity index is 1.92. The Morgan fingerprint density at radius 3 is 2.50 bits per heavy atom. The van der Waals surface area contributed by atoms with Crippen molar-refractivity contribution < 1.29 is 14.3 Å². The van der Waals surface area contributed by atoms with Crippen molar-refractivity contribution in [2.24, 2.45) is 0 Å². The van der Waals surface area contributed by atoms with Crippen molar-refractivity contribution in [1.82, 2.24) is 4.98 Å². The molecule has 1 amide bonds. The zero-order valence-corrected chi connectivity index (χ0v) is 14.8. The molecule has 0 unspecified atom stereocenters. The third-order valence-electron chi connectivity index (χ3n) is 3.75. The molecule has 0 bridgehead atoms. The number of benzene rings is 2. The molecule has 1 heterocycles. The first-order valence-corrected chi connectivity index (χ1v) is 8.24. The quantitative estimate of drug-likeness (QED) is 0.772. The topological polar surface area (TPSA) is 60.5 Å². The smallest absolute Gasteiger partial charge is 0.257 e. The van der Waals surface area contributed by atoms with E-state index in [0.717, 1.165) is 21.3 Å². The first-order chi connectivity index (χ1) is 11.5. The Hall–Kier alpha value is -2.60. The number of hydrogen-bond donors (Lipinski definition) is 1. The van der Waals surface area contributed by atoms with E-state index in [-0.39, 0.29) is 5.91 Å². The minimum absolute atomic E-state index is 0.158. The number of methoxy groups -OCH3 is 2. The van der Waals surface area contributed by atoms with E-state index in [1.54, 1.807) is 20.3 Å². The Morgan fingerprint density at radius 2 is 1.79 bits per heavy atom. The molecule has 0 aliphatic heterocycles. The van der Waals surface area contributed by atoms with Gasteiger partial charge in [-0.3, -0.25) is 10.1 Å². The largest absolute Gasteiger partial charge is 0.493 e. The van der Waals surface area contributed by atoms with E-state index in [0.29, 0.717) is 22.2 Å². The fourth-order valence-electron chi connectivity index (χ4n) is 2.45. The maximum absolute atomic E-state index is 12.5. The highest BCUT2D eigenvalue weighted by atomic mass is 32.1. The second kappa shape index (κ2) is 6.49. The molecule has 3 aromatic rings. The predicted molar refractivity (Wildman–Crippen MR) is 96.6 cm³/mol. The first-order valence-electron chi connectivity index (χ1n) is 7.43. The molecule has 124 valence electrons. The number of amides is 1. The van der Waals surface area contributed by atoms with E-state index in [1.807, 2.05) is 38.1 Å². The fourth-order valence-corrected chi connectivity index (χ4v) is 3.32. The van der Waals surface area contributed by atoms with Crippen LogP contribution in [0.4, 0.5) is 5.13 Å². The number of aryl methyl sites for hydroxylation is 2. The molecule has 2 aromatic carbocycles. The summed E-state index contributed by atoms with van der Waals surface area (Å²) in [6.45, 7) is 3.88. The summed E-state index contributed by atoms with van der Waals surface area (Å²) in [7, 11) is 3.17. The number of aromatic nitrogens is 1. The van der Waals surface area contributed by atoms with Gasteiger partial charge in [-0.05, 0) is 25.5 Å². The van der Waals surface area contributed by atoms with Crippen molar-refractivity contribution in [3.8, 4) is 11.5 Å². The van der Waals surface area contributed by atoms with Crippen LogP contribution in [0, 0.1) is 13.8 Å². The molecule has 0 aliphatic carbocycles. The van der Waals surface area contributed by atoms with Crippen LogP contribution in [0.3, 0.4) is 0 Å². The number of rotatable bonds is 4. The van der Waals surface area contributed by atoms with Crippen molar-refractivity contribution in [2.75, 3.05) is 19.5 Å². The van der Waals surface area contributed by atoms with Crippen molar-refractivity contribution >= 4 is 32.6 Å². The van der Waals surface area contributed by atoms with E-state index >= 15 is 0 Å². The highest BCUT2D eigenvalue weighted by Gasteiger charge is 2.14. The van der Waals surface area contributed by atoms with Crippen LogP contribution in [-0.2, 0) is 0 Å². The Bertz CT molecular complexity index is 877. The molecule has 0 saturated carbocycles. The molecule has 0 spiro atoms. The van der Waals surface area contributed by atoms with Crippen LogP contribution >= 0.6 is 11.3 Å². The summed E-state index contributed by atoms with van der Waals surface area (Å²) in [6, 6.07) is 9.47. The number of ether oxygens (including phenoxy) is 2. The molecular formula is C18H18N2O3S. The number of hydrogen-bond acceptors (Lipinski definition) is 5. The van der Waals surface area contributed by atoms with Crippen molar-refractivity contribution in [1.29, 1.82) is 0 Å². The van der Waals surface area contributed by atoms with Crippen LogP contribution in [0.2, 0.25) is 0 Å². The zero-order chi connectivity index (χ0) is 17.3. The normalized spacial score (nSPS) is 10.7. The highest BCUT2D eigenvalue weighted by Crippen LogP contribution is 2.36. The van der Waals surface area contributed by atoms with Gasteiger partial charge in [-0.2, -0.15) is 0 Å². The number of fused-ring (bicyclic) bond motifs is 1. The maximum Gasteiger partial charge on any atom is 0.257 e. The monoisotopic (exact) mass is 342 g/mol. The minimum atomic E-state index is -0.158. The van der Waals surface area contributed by atoms with Gasteiger partial charge in [0.1, 0.15) is 0 Å². The second-order valence-electron chi connectivity index (χ2n) is 5.47. The van der Waals surface area contributed by atoms with Crippen molar-refractivity contribution in [2.45, 2.75) is 13.8 Å². The molecule has 5 nitrogen and oxygen atoms in total. The summed E-state index contributed by atoms with van der Waals surface area (Å²) in [4.78, 5) is 17.0. The number of thiazole rings is 1. The lowest BCUT2D eigenvalue weighted by molar-refractivity contribution is 0.102. The summed E-state index contributed by atoms with van der Waals surface area (Å²) in [5.41, 5.74) is 3.39. The lowest BCUT2D eigenvalue weighted by Crippen LogP contribution is -2.13. The van der Waals surface area contributed by atoms with Gasteiger partial charge in [0.2, 0.25) is 0 Å². The second-order valence-corrected chi connectivity index (χ2v) is 6.50. The molecule has 1 N–H and O–H groups in total. The molecule has 0 saturated heterocycles. The van der Waals surface area contributed by atoms with Crippen molar-refractivity contribution in [3.05, 3.63) is 47.0 Å². The summed E-state index contributed by atoms with van der Waals surface area (Å²) in [5, 5.41) is 3.42. The molecule has 6 heteroatoms. The maximum atomic E-state index is 12.5. The summed E-state index contributed by atoms with van der Waals surface area (Å²) in [5.74, 6) is 1.10. The van der Waals surface area contributed by atoms with Crippen LogP contribution < -0.4 is 14.8 Å². The van der Waals surface area contributed by atoms with Gasteiger partial charge in [-0.1, -0.05) is 29.0 Å². The van der Waals surface area contributed by atoms with Crippen LogP contribution in [0.15, 0.2) is 30.3 Å². The van der Waals surface area contributed by atoms with Crippen LogP contribution in [-0.4, -0.2) is 25.1 Å². The van der Waals surface area contributed by atoms with E-state index < -0.39 is 0 Å². The van der Waals surface area contributed by atoms with Gasteiger partial charge < -0.3 is 9.47 Å². The van der Waals surface area contributed by atoms with Crippen molar-refractivity contribution in [3.63, 3.8) is 0 Å². The van der Waals surface area contributed by atoms with Crippen LogP contribution in [0.25, 0.3) is 10.2 Å². The molecule has 1 aromatic heterocycles. The van der Waals surface area contributed by atoms with Gasteiger partial charge in [0.05, 0.1) is 24.4 Å². The van der Waals surface area contributed by atoms with Gasteiger partial charge in [0.25, 0.3) is 5.91 Å². The Morgan fingerprint density at radius 1 is 1.08 bits per heavy atom. The molecule has 0 atom stereocenters. The number of anilines is 1. The van der Waals surface area contributed by atoms with Gasteiger partial charge >= 0.3 is 0 Å².